The van der Waals surface area contributed by atoms with Crippen LogP contribution in [0.2, 0.25) is 0 Å². The van der Waals surface area contributed by atoms with Gasteiger partial charge in [0.15, 0.2) is 0 Å². The molecule has 0 spiro atoms. The Bertz CT molecular complexity index is 474. The number of thioether (sulfide) groups is 1. The zero-order valence-electron chi connectivity index (χ0n) is 12.1. The van der Waals surface area contributed by atoms with Crippen LogP contribution < -0.4 is 5.32 Å². The lowest BCUT2D eigenvalue weighted by atomic mass is 10.0. The summed E-state index contributed by atoms with van der Waals surface area (Å²) in [6.45, 7) is 1.54. The van der Waals surface area contributed by atoms with Crippen LogP contribution in [0.25, 0.3) is 0 Å². The zero-order valence-corrected chi connectivity index (χ0v) is 13.0. The van der Waals surface area contributed by atoms with E-state index in [9.17, 15) is 4.79 Å². The van der Waals surface area contributed by atoms with Crippen LogP contribution in [-0.2, 0) is 4.79 Å². The summed E-state index contributed by atoms with van der Waals surface area (Å²) in [5, 5.41) is 3.56. The predicted molar refractivity (Wildman–Crippen MR) is 84.2 cm³/mol. The van der Waals surface area contributed by atoms with Crippen LogP contribution in [0.5, 0.6) is 0 Å². The Morgan fingerprint density at radius 1 is 1.20 bits per heavy atom. The predicted octanol–water partition coefficient (Wildman–Crippen LogP) is 3.36. The molecule has 0 radical (unpaired) electrons. The Morgan fingerprint density at radius 3 is 2.35 bits per heavy atom. The van der Waals surface area contributed by atoms with Crippen LogP contribution >= 0.6 is 11.8 Å². The molecule has 20 heavy (non-hydrogen) atoms. The molecule has 3 rings (SSSR count). The molecule has 108 valence electrons. The van der Waals surface area contributed by atoms with Crippen LogP contribution in [0.3, 0.4) is 0 Å². The van der Waals surface area contributed by atoms with Crippen molar-refractivity contribution in [3.63, 3.8) is 0 Å². The van der Waals surface area contributed by atoms with Crippen molar-refractivity contribution in [2.75, 3.05) is 12.4 Å². The summed E-state index contributed by atoms with van der Waals surface area (Å²) in [6, 6.07) is 9.82. The number of hydrogen-bond acceptors (Lipinski definition) is 3. The third-order valence-corrected chi connectivity index (χ3v) is 5.79. The summed E-state index contributed by atoms with van der Waals surface area (Å²) in [7, 11) is 2.28. The second-order valence-electron chi connectivity index (χ2n) is 5.97. The topological polar surface area (TPSA) is 32.3 Å². The standard InChI is InChI=1S/C16H22N2OS/c1-11(19)17-12-3-7-15(8-4-12)20-16-9-13-5-6-14(10-16)18(13)2/h3-4,7-8,13-14,16H,5-6,9-10H2,1-2H3,(H,17,19)/t13-,14+,16-. The molecule has 3 atom stereocenters. The highest BCUT2D eigenvalue weighted by Gasteiger charge is 2.38. The Labute approximate surface area is 125 Å². The minimum Gasteiger partial charge on any atom is -0.326 e. The van der Waals surface area contributed by atoms with Crippen molar-refractivity contribution in [2.24, 2.45) is 0 Å². The van der Waals surface area contributed by atoms with E-state index in [1.54, 1.807) is 0 Å². The summed E-state index contributed by atoms with van der Waals surface area (Å²) in [5.41, 5.74) is 0.880. The molecular weight excluding hydrogens is 268 g/mol. The molecule has 0 saturated carbocycles. The zero-order chi connectivity index (χ0) is 14.1. The SMILES string of the molecule is CC(=O)Nc1ccc(S[C@@H]2C[C@H]3CC[C@@H](C2)N3C)cc1. The molecule has 0 aromatic heterocycles. The third kappa shape index (κ3) is 3.01. The highest BCUT2D eigenvalue weighted by atomic mass is 32.2. The fraction of sp³-hybridized carbons (Fsp3) is 0.562. The molecule has 2 aliphatic heterocycles. The number of nitrogens with zero attached hydrogens (tertiary/aromatic N) is 1. The van der Waals surface area contributed by atoms with Crippen LogP contribution in [0, 0.1) is 0 Å². The molecule has 1 aromatic carbocycles. The first-order valence-corrected chi connectivity index (χ1v) is 8.26. The molecule has 4 heteroatoms. The fourth-order valence-corrected chi connectivity index (χ4v) is 4.79. The lowest BCUT2D eigenvalue weighted by Crippen LogP contribution is -2.40. The molecule has 1 N–H and O–H groups in total. The molecule has 2 bridgehead atoms. The molecule has 1 aromatic rings. The number of anilines is 1. The number of piperidine rings is 1. The number of hydrogen-bond donors (Lipinski definition) is 1. The monoisotopic (exact) mass is 290 g/mol. The van der Waals surface area contributed by atoms with Crippen LogP contribution in [-0.4, -0.2) is 35.2 Å². The number of amides is 1. The lowest BCUT2D eigenvalue weighted by Gasteiger charge is -2.36. The number of benzene rings is 1. The molecular formula is C16H22N2OS. The Morgan fingerprint density at radius 2 is 1.80 bits per heavy atom. The number of nitrogens with one attached hydrogen (secondary N) is 1. The van der Waals surface area contributed by atoms with E-state index in [4.69, 9.17) is 0 Å². The van der Waals surface area contributed by atoms with E-state index in [1.807, 2.05) is 23.9 Å². The lowest BCUT2D eigenvalue weighted by molar-refractivity contribution is -0.114. The quantitative estimate of drug-likeness (QED) is 0.926. The molecule has 2 fully saturated rings. The van der Waals surface area contributed by atoms with Gasteiger partial charge in [-0.05, 0) is 57.0 Å². The molecule has 2 saturated heterocycles. The summed E-state index contributed by atoms with van der Waals surface area (Å²) in [6.07, 6.45) is 5.37. The van der Waals surface area contributed by atoms with Crippen molar-refractivity contribution in [3.8, 4) is 0 Å². The first-order chi connectivity index (χ1) is 9.61. The van der Waals surface area contributed by atoms with Crippen molar-refractivity contribution in [1.82, 2.24) is 4.90 Å². The number of carbonyl (C=O) groups excluding carboxylic acids is 1. The van der Waals surface area contributed by atoms with Gasteiger partial charge in [-0.1, -0.05) is 0 Å². The van der Waals surface area contributed by atoms with Crippen LogP contribution in [0.1, 0.15) is 32.6 Å². The van der Waals surface area contributed by atoms with Crippen molar-refractivity contribution < 1.29 is 4.79 Å². The van der Waals surface area contributed by atoms with E-state index in [0.29, 0.717) is 0 Å². The van der Waals surface area contributed by atoms with Gasteiger partial charge in [0, 0.05) is 34.8 Å². The summed E-state index contributed by atoms with van der Waals surface area (Å²) in [5.74, 6) is -0.0164. The van der Waals surface area contributed by atoms with Crippen molar-refractivity contribution in [1.29, 1.82) is 0 Å². The first-order valence-electron chi connectivity index (χ1n) is 7.38. The van der Waals surface area contributed by atoms with Gasteiger partial charge in [0.2, 0.25) is 5.91 Å². The van der Waals surface area contributed by atoms with Gasteiger partial charge in [-0.25, -0.2) is 0 Å². The number of carbonyl (C=O) groups is 1. The minimum atomic E-state index is -0.0164. The first kappa shape index (κ1) is 14.0. The van der Waals surface area contributed by atoms with Crippen LogP contribution in [0.4, 0.5) is 5.69 Å². The smallest absolute Gasteiger partial charge is 0.221 e. The maximum atomic E-state index is 11.0. The molecule has 0 unspecified atom stereocenters. The van der Waals surface area contributed by atoms with Gasteiger partial charge in [-0.3, -0.25) is 4.79 Å². The second kappa shape index (κ2) is 5.78. The molecule has 2 heterocycles. The number of rotatable bonds is 3. The van der Waals surface area contributed by atoms with Gasteiger partial charge in [0.1, 0.15) is 0 Å². The summed E-state index contributed by atoms with van der Waals surface area (Å²) < 4.78 is 0. The molecule has 3 nitrogen and oxygen atoms in total. The van der Waals surface area contributed by atoms with Gasteiger partial charge in [0.25, 0.3) is 0 Å². The van der Waals surface area contributed by atoms with Crippen molar-refractivity contribution >= 4 is 23.4 Å². The maximum Gasteiger partial charge on any atom is 0.221 e. The van der Waals surface area contributed by atoms with Crippen molar-refractivity contribution in [2.45, 2.75) is 54.8 Å². The number of fused-ring (bicyclic) bond motifs is 2. The van der Waals surface area contributed by atoms with Crippen molar-refractivity contribution in [3.05, 3.63) is 24.3 Å². The Balaban J connectivity index is 1.60. The minimum absolute atomic E-state index is 0.0164. The molecule has 1 amide bonds. The summed E-state index contributed by atoms with van der Waals surface area (Å²) >= 11 is 2.00. The highest BCUT2D eigenvalue weighted by molar-refractivity contribution is 8.00. The van der Waals surface area contributed by atoms with Gasteiger partial charge in [0.05, 0.1) is 0 Å². The van der Waals surface area contributed by atoms with Gasteiger partial charge in [-0.2, -0.15) is 0 Å². The summed E-state index contributed by atoms with van der Waals surface area (Å²) in [4.78, 5) is 14.9. The van der Waals surface area contributed by atoms with E-state index >= 15 is 0 Å². The van der Waals surface area contributed by atoms with E-state index in [0.717, 1.165) is 23.0 Å². The maximum absolute atomic E-state index is 11.0. The third-order valence-electron chi connectivity index (χ3n) is 4.53. The average molecular weight is 290 g/mol. The fourth-order valence-electron chi connectivity index (χ4n) is 3.47. The van der Waals surface area contributed by atoms with E-state index in [-0.39, 0.29) is 5.91 Å². The Kier molecular flexibility index (Phi) is 4.03. The largest absolute Gasteiger partial charge is 0.326 e. The van der Waals surface area contributed by atoms with Gasteiger partial charge < -0.3 is 10.2 Å². The average Bonchev–Trinajstić information content (AvgIpc) is 2.63. The molecule has 0 aliphatic carbocycles. The molecule has 2 aliphatic rings. The van der Waals surface area contributed by atoms with E-state index in [2.05, 4.69) is 29.4 Å². The highest BCUT2D eigenvalue weighted by Crippen LogP contribution is 2.41. The Hall–Kier alpha value is -1.00. The normalized spacial score (nSPS) is 29.4. The van der Waals surface area contributed by atoms with Crippen LogP contribution in [0.15, 0.2) is 29.2 Å². The van der Waals surface area contributed by atoms with Gasteiger partial charge in [-0.15, -0.1) is 11.8 Å². The van der Waals surface area contributed by atoms with E-state index < -0.39 is 0 Å². The second-order valence-corrected chi connectivity index (χ2v) is 7.34. The van der Waals surface area contributed by atoms with Gasteiger partial charge >= 0.3 is 0 Å². The van der Waals surface area contributed by atoms with E-state index in [1.165, 1.54) is 37.5 Å².